The minimum Gasteiger partial charge on any atom is -0.497 e. The molecule has 0 aliphatic carbocycles. The van der Waals surface area contributed by atoms with Crippen molar-refractivity contribution >= 4 is 53.7 Å². The first kappa shape index (κ1) is 57.9. The highest BCUT2D eigenvalue weighted by Gasteiger charge is 2.63. The van der Waals surface area contributed by atoms with Crippen LogP contribution < -0.4 is 14.8 Å². The van der Waals surface area contributed by atoms with Crippen LogP contribution in [0.15, 0.2) is 115 Å². The predicted molar refractivity (Wildman–Crippen MR) is 260 cm³/mol. The van der Waals surface area contributed by atoms with E-state index in [1.54, 1.807) is 42.5 Å². The molecule has 23 nitrogen and oxygen atoms in total. The molecule has 2 fully saturated rings. The zero-order valence-corrected chi connectivity index (χ0v) is 42.8. The van der Waals surface area contributed by atoms with Crippen LogP contribution in [0.5, 0.6) is 11.5 Å². The maximum absolute atomic E-state index is 14.9. The molecule has 2 saturated heterocycles. The van der Waals surface area contributed by atoms with E-state index in [2.05, 4.69) is 5.32 Å². The third-order valence-electron chi connectivity index (χ3n) is 11.6. The first-order valence-corrected chi connectivity index (χ1v) is 23.9. The van der Waals surface area contributed by atoms with Crippen molar-refractivity contribution in [3.8, 4) is 11.5 Å². The summed E-state index contributed by atoms with van der Waals surface area (Å²) in [5.74, 6) is -11.6. The Balaban J connectivity index is 1.62. The van der Waals surface area contributed by atoms with E-state index < -0.39 is 140 Å². The molecular weight excluding hydrogens is 1010 g/mol. The molecule has 0 bridgehead atoms. The zero-order valence-electron chi connectivity index (χ0n) is 42.8. The Kier molecular flexibility index (Phi) is 20.2. The maximum Gasteiger partial charge on any atom is 0.366 e. The molecule has 1 amide bonds. The molecule has 1 N–H and O–H groups in total. The van der Waals surface area contributed by atoms with E-state index >= 15 is 0 Å². The minimum atomic E-state index is -3.04. The highest BCUT2D eigenvalue weighted by Crippen LogP contribution is 2.42. The van der Waals surface area contributed by atoms with E-state index in [9.17, 15) is 43.2 Å². The van der Waals surface area contributed by atoms with E-state index in [1.807, 2.05) is 0 Å². The number of hydrogen-bond acceptors (Lipinski definition) is 22. The van der Waals surface area contributed by atoms with Crippen LogP contribution in [0.25, 0.3) is 0 Å². The van der Waals surface area contributed by atoms with Crippen molar-refractivity contribution in [2.24, 2.45) is 0 Å². The van der Waals surface area contributed by atoms with Crippen LogP contribution in [-0.4, -0.2) is 148 Å². The van der Waals surface area contributed by atoms with Crippen LogP contribution >= 0.6 is 0 Å². The highest BCUT2D eigenvalue weighted by molar-refractivity contribution is 5.91. The summed E-state index contributed by atoms with van der Waals surface area (Å²) in [6.07, 6.45) is -18.0. The Bertz CT molecular complexity index is 2710. The summed E-state index contributed by atoms with van der Waals surface area (Å²) in [5, 5.41) is 2.58. The molecule has 0 aromatic heterocycles. The lowest BCUT2D eigenvalue weighted by molar-refractivity contribution is -0.362. The lowest BCUT2D eigenvalue weighted by atomic mass is 9.87. The van der Waals surface area contributed by atoms with Crippen LogP contribution in [0.1, 0.15) is 72.1 Å². The van der Waals surface area contributed by atoms with Crippen LogP contribution in [0.2, 0.25) is 0 Å². The van der Waals surface area contributed by atoms with Crippen LogP contribution in [0.4, 0.5) is 0 Å². The number of amides is 1. The van der Waals surface area contributed by atoms with Gasteiger partial charge in [0.2, 0.25) is 12.2 Å². The number of ether oxygens (including phenoxy) is 13. The van der Waals surface area contributed by atoms with Gasteiger partial charge in [-0.2, -0.15) is 0 Å². The molecule has 0 radical (unpaired) electrons. The first-order valence-electron chi connectivity index (χ1n) is 23.9. The van der Waals surface area contributed by atoms with E-state index in [0.29, 0.717) is 5.75 Å². The van der Waals surface area contributed by atoms with Gasteiger partial charge < -0.3 is 66.9 Å². The summed E-state index contributed by atoms with van der Waals surface area (Å²) in [4.78, 5) is 122. The molecule has 4 aromatic carbocycles. The van der Waals surface area contributed by atoms with Gasteiger partial charge in [-0.3, -0.25) is 24.0 Å². The van der Waals surface area contributed by atoms with Crippen molar-refractivity contribution in [2.75, 3.05) is 27.4 Å². The van der Waals surface area contributed by atoms with Crippen molar-refractivity contribution < 1.29 is 105 Å². The summed E-state index contributed by atoms with van der Waals surface area (Å²) in [5.41, 5.74) is 0.0534. The molecule has 11 atom stereocenters. The Hall–Kier alpha value is -8.41. The summed E-state index contributed by atoms with van der Waals surface area (Å²) in [6.45, 7) is 3.49. The van der Waals surface area contributed by atoms with Crippen molar-refractivity contribution in [3.05, 3.63) is 132 Å². The van der Waals surface area contributed by atoms with E-state index in [-0.39, 0.29) is 22.4 Å². The number of nitrogens with one attached hydrogen (secondary N) is 1. The van der Waals surface area contributed by atoms with Gasteiger partial charge in [-0.25, -0.2) is 19.2 Å². The lowest BCUT2D eigenvalue weighted by Crippen LogP contribution is -2.72. The molecule has 2 aliphatic heterocycles. The summed E-state index contributed by atoms with van der Waals surface area (Å²) < 4.78 is 77.7. The molecule has 4 aromatic rings. The van der Waals surface area contributed by atoms with Crippen LogP contribution in [-0.2, 0) is 80.9 Å². The molecule has 77 heavy (non-hydrogen) atoms. The van der Waals surface area contributed by atoms with Crippen molar-refractivity contribution in [1.29, 1.82) is 0 Å². The van der Waals surface area contributed by atoms with Crippen molar-refractivity contribution in [1.82, 2.24) is 5.32 Å². The Morgan fingerprint density at radius 1 is 0.597 bits per heavy atom. The second-order valence-electron chi connectivity index (χ2n) is 17.3. The van der Waals surface area contributed by atoms with Gasteiger partial charge in [-0.1, -0.05) is 54.6 Å². The summed E-state index contributed by atoms with van der Waals surface area (Å²) >= 11 is 0. The van der Waals surface area contributed by atoms with Gasteiger partial charge in [0.05, 0.1) is 43.4 Å². The topological polar surface area (TPSA) is 286 Å². The molecule has 2 heterocycles. The maximum atomic E-state index is 14.9. The minimum absolute atomic E-state index is 0.0237. The first-order chi connectivity index (χ1) is 36.8. The number of carbonyl (C=O) groups is 9. The monoisotopic (exact) mass is 1070 g/mol. The summed E-state index contributed by atoms with van der Waals surface area (Å²) in [6, 6.07) is 27.3. The standard InChI is InChI=1S/C54H57NO22/c1-30(56)55-43-40(69-32(3)58)27-54(53(64)66-7,76-46(43)44(71-34(5)60)41(70-33(4)59)28-67-31(2)57)77-47-45(74-50(62)36-19-13-9-14-20-36)42(29-68-49(61)35-17-11-8-12-18-35)73-52(72-39-25-23-38(65-6)24-26-39)48(47)75-51(63)37-21-15-10-16-22-37/h8-26,40-48,52H,27-29H2,1-7H3,(H,55,56)/t40-,41-,42?,43-,44-,45+,46?,47?,48+,52-,54+/m0/s1. The zero-order chi connectivity index (χ0) is 55.8. The van der Waals surface area contributed by atoms with E-state index in [1.165, 1.54) is 79.9 Å². The predicted octanol–water partition coefficient (Wildman–Crippen LogP) is 4.01. The quantitative estimate of drug-likeness (QED) is 0.0911. The van der Waals surface area contributed by atoms with E-state index in [4.69, 9.17) is 61.6 Å². The second kappa shape index (κ2) is 26.9. The molecular formula is C54H57NO22. The molecule has 0 spiro atoms. The molecule has 23 heteroatoms. The number of methoxy groups -OCH3 is 2. The number of carbonyl (C=O) groups excluding carboxylic acids is 9. The van der Waals surface area contributed by atoms with Gasteiger partial charge in [0.25, 0.3) is 5.79 Å². The fourth-order valence-corrected chi connectivity index (χ4v) is 8.38. The second-order valence-corrected chi connectivity index (χ2v) is 17.3. The summed E-state index contributed by atoms with van der Waals surface area (Å²) in [7, 11) is 2.35. The molecule has 3 unspecified atom stereocenters. The lowest BCUT2D eigenvalue weighted by Gasteiger charge is -2.51. The van der Waals surface area contributed by atoms with Gasteiger partial charge >= 0.3 is 47.8 Å². The fraction of sp³-hybridized carbons (Fsp3) is 0.389. The fourth-order valence-electron chi connectivity index (χ4n) is 8.38. The number of benzene rings is 4. The van der Waals surface area contributed by atoms with Gasteiger partial charge in [-0.15, -0.1) is 0 Å². The number of rotatable bonds is 21. The molecule has 0 saturated carbocycles. The molecule has 2 aliphatic rings. The van der Waals surface area contributed by atoms with Gasteiger partial charge in [0.1, 0.15) is 49.1 Å². The molecule has 6 rings (SSSR count). The number of esters is 8. The number of hydrogen-bond donors (Lipinski definition) is 1. The Morgan fingerprint density at radius 2 is 1.13 bits per heavy atom. The average molecular weight is 1070 g/mol. The average Bonchev–Trinajstić information content (AvgIpc) is 3.41. The third kappa shape index (κ3) is 15.6. The molecule has 410 valence electrons. The van der Waals surface area contributed by atoms with Crippen LogP contribution in [0.3, 0.4) is 0 Å². The van der Waals surface area contributed by atoms with Crippen molar-refractivity contribution in [3.63, 3.8) is 0 Å². The largest absolute Gasteiger partial charge is 0.497 e. The van der Waals surface area contributed by atoms with Gasteiger partial charge in [-0.05, 0) is 60.7 Å². The Labute approximate surface area is 441 Å². The van der Waals surface area contributed by atoms with Gasteiger partial charge in [0.15, 0.2) is 24.4 Å². The SMILES string of the molecule is COC(=O)[C@]1(OC2[C@H](OC(=O)c3ccccc3)C(COC(=O)c3ccccc3)O[C@H](Oc3ccc(OC)cc3)[C@@H]2OC(=O)c2ccccc2)C[C@H](OC(C)=O)[C@H](NC(C)=O)C([C@@H](OC(C)=O)[C@H](COC(C)=O)OC(C)=O)O1. The normalized spacial score (nSPS) is 23.4. The van der Waals surface area contributed by atoms with Crippen LogP contribution in [0, 0.1) is 0 Å². The van der Waals surface area contributed by atoms with Crippen molar-refractivity contribution in [2.45, 2.75) is 108 Å². The Morgan fingerprint density at radius 3 is 1.62 bits per heavy atom. The van der Waals surface area contributed by atoms with E-state index in [0.717, 1.165) is 41.7 Å². The third-order valence-corrected chi connectivity index (χ3v) is 11.6. The van der Waals surface area contributed by atoms with Gasteiger partial charge in [0, 0.05) is 34.6 Å². The smallest absolute Gasteiger partial charge is 0.366 e. The highest BCUT2D eigenvalue weighted by atomic mass is 16.8.